The Hall–Kier alpha value is -0.620. The molecule has 2 saturated heterocycles. The molecule has 0 aromatic heterocycles. The molecule has 5 nitrogen and oxygen atoms in total. The fraction of sp³-hybridized carbons (Fsp3) is 0.929. The summed E-state index contributed by atoms with van der Waals surface area (Å²) in [5.41, 5.74) is 0. The summed E-state index contributed by atoms with van der Waals surface area (Å²) >= 11 is 0. The molecule has 2 fully saturated rings. The van der Waals surface area contributed by atoms with Crippen LogP contribution in [0.25, 0.3) is 0 Å². The first-order valence-corrected chi connectivity index (χ1v) is 9.50. The molecule has 0 saturated carbocycles. The Labute approximate surface area is 122 Å². The standard InChI is InChI=1S/C14H26N2O3S/c1-2-9-16(11-12-6-5-8-15-12)14(17)13-7-3-4-10-20(13,18)19/h12-13,15H,2-11H2,1H3. The first-order chi connectivity index (χ1) is 9.54. The van der Waals surface area contributed by atoms with Crippen molar-refractivity contribution in [2.45, 2.75) is 56.7 Å². The maximum atomic E-state index is 12.6. The molecule has 1 N–H and O–H groups in total. The maximum absolute atomic E-state index is 12.6. The number of nitrogens with zero attached hydrogens (tertiary/aromatic N) is 1. The van der Waals surface area contributed by atoms with Gasteiger partial charge in [0.25, 0.3) is 0 Å². The highest BCUT2D eigenvalue weighted by Crippen LogP contribution is 2.22. The Morgan fingerprint density at radius 1 is 1.25 bits per heavy atom. The second kappa shape index (κ2) is 6.89. The van der Waals surface area contributed by atoms with Crippen LogP contribution < -0.4 is 5.32 Å². The van der Waals surface area contributed by atoms with E-state index in [4.69, 9.17) is 0 Å². The molecule has 2 aliphatic rings. The summed E-state index contributed by atoms with van der Waals surface area (Å²) in [5.74, 6) is 0.00524. The number of nitrogens with one attached hydrogen (secondary N) is 1. The molecule has 20 heavy (non-hydrogen) atoms. The summed E-state index contributed by atoms with van der Waals surface area (Å²) in [5, 5.41) is 2.59. The third-order valence-corrected chi connectivity index (χ3v) is 6.42. The van der Waals surface area contributed by atoms with E-state index in [0.717, 1.165) is 32.2 Å². The molecule has 0 aliphatic carbocycles. The molecule has 0 spiro atoms. The van der Waals surface area contributed by atoms with Gasteiger partial charge in [-0.15, -0.1) is 0 Å². The minimum Gasteiger partial charge on any atom is -0.340 e. The zero-order chi connectivity index (χ0) is 14.6. The number of amides is 1. The van der Waals surface area contributed by atoms with E-state index in [1.165, 1.54) is 0 Å². The number of hydrogen-bond donors (Lipinski definition) is 1. The van der Waals surface area contributed by atoms with Crippen molar-refractivity contribution in [3.63, 3.8) is 0 Å². The van der Waals surface area contributed by atoms with Gasteiger partial charge in [0, 0.05) is 19.1 Å². The van der Waals surface area contributed by atoms with E-state index >= 15 is 0 Å². The molecule has 2 atom stereocenters. The zero-order valence-electron chi connectivity index (χ0n) is 12.3. The molecule has 0 bridgehead atoms. The predicted octanol–water partition coefficient (Wildman–Crippen LogP) is 0.944. The van der Waals surface area contributed by atoms with Gasteiger partial charge in [-0.3, -0.25) is 4.79 Å². The lowest BCUT2D eigenvalue weighted by Gasteiger charge is -2.30. The van der Waals surface area contributed by atoms with Crippen LogP contribution >= 0.6 is 0 Å². The number of sulfone groups is 1. The second-order valence-electron chi connectivity index (χ2n) is 5.93. The second-order valence-corrected chi connectivity index (χ2v) is 8.23. The van der Waals surface area contributed by atoms with Crippen molar-refractivity contribution in [2.75, 3.05) is 25.4 Å². The lowest BCUT2D eigenvalue weighted by molar-refractivity contribution is -0.131. The highest BCUT2D eigenvalue weighted by atomic mass is 32.2. The molecule has 2 unspecified atom stereocenters. The summed E-state index contributed by atoms with van der Waals surface area (Å²) in [6.45, 7) is 4.33. The van der Waals surface area contributed by atoms with Crippen molar-refractivity contribution in [3.05, 3.63) is 0 Å². The van der Waals surface area contributed by atoms with Crippen LogP contribution in [0, 0.1) is 0 Å². The van der Waals surface area contributed by atoms with Gasteiger partial charge in [-0.2, -0.15) is 0 Å². The predicted molar refractivity (Wildman–Crippen MR) is 79.3 cm³/mol. The average Bonchev–Trinajstić information content (AvgIpc) is 2.90. The van der Waals surface area contributed by atoms with E-state index in [1.807, 2.05) is 6.92 Å². The van der Waals surface area contributed by atoms with Gasteiger partial charge in [0.1, 0.15) is 5.25 Å². The van der Waals surface area contributed by atoms with Gasteiger partial charge >= 0.3 is 0 Å². The van der Waals surface area contributed by atoms with Crippen LogP contribution in [-0.4, -0.2) is 55.9 Å². The average molecular weight is 302 g/mol. The number of hydrogen-bond acceptors (Lipinski definition) is 4. The fourth-order valence-electron chi connectivity index (χ4n) is 3.18. The van der Waals surface area contributed by atoms with Gasteiger partial charge in [0.15, 0.2) is 9.84 Å². The van der Waals surface area contributed by atoms with Crippen molar-refractivity contribution in [3.8, 4) is 0 Å². The largest absolute Gasteiger partial charge is 0.340 e. The molecule has 2 aliphatic heterocycles. The SMILES string of the molecule is CCCN(CC1CCCN1)C(=O)C1CCCCS1(=O)=O. The van der Waals surface area contributed by atoms with E-state index in [-0.39, 0.29) is 11.7 Å². The minimum atomic E-state index is -3.23. The summed E-state index contributed by atoms with van der Waals surface area (Å²) in [6, 6.07) is 0.330. The number of carbonyl (C=O) groups is 1. The van der Waals surface area contributed by atoms with Crippen LogP contribution in [0.2, 0.25) is 0 Å². The lowest BCUT2D eigenvalue weighted by Crippen LogP contribution is -2.49. The molecular weight excluding hydrogens is 276 g/mol. The molecule has 0 aromatic rings. The molecule has 6 heteroatoms. The van der Waals surface area contributed by atoms with Crippen LogP contribution in [0.15, 0.2) is 0 Å². The topological polar surface area (TPSA) is 66.5 Å². The van der Waals surface area contributed by atoms with E-state index in [2.05, 4.69) is 5.32 Å². The number of carbonyl (C=O) groups excluding carboxylic acids is 1. The third-order valence-electron chi connectivity index (χ3n) is 4.26. The molecule has 1 amide bonds. The van der Waals surface area contributed by atoms with Crippen LogP contribution in [0.3, 0.4) is 0 Å². The quantitative estimate of drug-likeness (QED) is 0.821. The minimum absolute atomic E-state index is 0.166. The van der Waals surface area contributed by atoms with E-state index in [0.29, 0.717) is 32.0 Å². The van der Waals surface area contributed by atoms with Gasteiger partial charge in [0.2, 0.25) is 5.91 Å². The summed E-state index contributed by atoms with van der Waals surface area (Å²) in [4.78, 5) is 14.4. The van der Waals surface area contributed by atoms with Gasteiger partial charge in [-0.25, -0.2) is 8.42 Å². The van der Waals surface area contributed by atoms with Crippen LogP contribution in [0.4, 0.5) is 0 Å². The number of rotatable bonds is 5. The van der Waals surface area contributed by atoms with Crippen molar-refractivity contribution < 1.29 is 13.2 Å². The molecule has 0 aromatic carbocycles. The van der Waals surface area contributed by atoms with Crippen molar-refractivity contribution >= 4 is 15.7 Å². The molecular formula is C14H26N2O3S. The smallest absolute Gasteiger partial charge is 0.240 e. The summed E-state index contributed by atoms with van der Waals surface area (Å²) < 4.78 is 24.2. The first kappa shape index (κ1) is 15.8. The van der Waals surface area contributed by atoms with Crippen molar-refractivity contribution in [1.29, 1.82) is 0 Å². The Morgan fingerprint density at radius 2 is 2.05 bits per heavy atom. The van der Waals surface area contributed by atoms with Gasteiger partial charge in [-0.1, -0.05) is 13.3 Å². The normalized spacial score (nSPS) is 29.2. The summed E-state index contributed by atoms with van der Waals surface area (Å²) in [7, 11) is -3.23. The third kappa shape index (κ3) is 3.73. The Morgan fingerprint density at radius 3 is 2.65 bits per heavy atom. The molecule has 116 valence electrons. The molecule has 2 heterocycles. The Kier molecular flexibility index (Phi) is 5.43. The van der Waals surface area contributed by atoms with E-state index in [9.17, 15) is 13.2 Å². The Bertz CT molecular complexity index is 430. The highest BCUT2D eigenvalue weighted by Gasteiger charge is 2.37. The van der Waals surface area contributed by atoms with Crippen molar-refractivity contribution in [1.82, 2.24) is 10.2 Å². The lowest BCUT2D eigenvalue weighted by atomic mass is 10.1. The van der Waals surface area contributed by atoms with Crippen LogP contribution in [0.1, 0.15) is 45.4 Å². The zero-order valence-corrected chi connectivity index (χ0v) is 13.1. The highest BCUT2D eigenvalue weighted by molar-refractivity contribution is 7.92. The van der Waals surface area contributed by atoms with Crippen LogP contribution in [-0.2, 0) is 14.6 Å². The molecule has 2 rings (SSSR count). The van der Waals surface area contributed by atoms with Crippen LogP contribution in [0.5, 0.6) is 0 Å². The van der Waals surface area contributed by atoms with Gasteiger partial charge in [0.05, 0.1) is 5.75 Å². The van der Waals surface area contributed by atoms with Gasteiger partial charge in [-0.05, 0) is 38.6 Å². The first-order valence-electron chi connectivity index (χ1n) is 7.78. The van der Waals surface area contributed by atoms with Crippen molar-refractivity contribution in [2.24, 2.45) is 0 Å². The van der Waals surface area contributed by atoms with E-state index < -0.39 is 15.1 Å². The summed E-state index contributed by atoms with van der Waals surface area (Å²) in [6.07, 6.45) is 5.12. The van der Waals surface area contributed by atoms with Gasteiger partial charge < -0.3 is 10.2 Å². The van der Waals surface area contributed by atoms with E-state index in [1.54, 1.807) is 4.90 Å². The maximum Gasteiger partial charge on any atom is 0.240 e. The Balaban J connectivity index is 2.04. The molecule has 0 radical (unpaired) electrons. The fourth-order valence-corrected chi connectivity index (χ4v) is 5.05. The monoisotopic (exact) mass is 302 g/mol.